The van der Waals surface area contributed by atoms with Crippen LogP contribution in [0.15, 0.2) is 60.4 Å². The van der Waals surface area contributed by atoms with Crippen LogP contribution in [0.5, 0.6) is 5.75 Å². The summed E-state index contributed by atoms with van der Waals surface area (Å²) in [6.45, 7) is 4.64. The highest BCUT2D eigenvalue weighted by Crippen LogP contribution is 2.26. The number of aryl methyl sites for hydroxylation is 1. The van der Waals surface area contributed by atoms with Crippen molar-refractivity contribution in [2.45, 2.75) is 32.4 Å². The number of anilines is 1. The molecule has 2 aromatic heterocycles. The lowest BCUT2D eigenvalue weighted by atomic mass is 10.1. The third-order valence-corrected chi connectivity index (χ3v) is 7.12. The van der Waals surface area contributed by atoms with E-state index in [1.165, 1.54) is 11.3 Å². The van der Waals surface area contributed by atoms with Gasteiger partial charge in [-0.15, -0.1) is 11.3 Å². The van der Waals surface area contributed by atoms with Gasteiger partial charge in [0.25, 0.3) is 5.91 Å². The number of hydrogen-bond acceptors (Lipinski definition) is 7. The minimum absolute atomic E-state index is 0.210. The summed E-state index contributed by atoms with van der Waals surface area (Å²) in [7, 11) is 1.64. The molecule has 0 radical (unpaired) electrons. The van der Waals surface area contributed by atoms with E-state index in [1.807, 2.05) is 59.5 Å². The third kappa shape index (κ3) is 5.64. The summed E-state index contributed by atoms with van der Waals surface area (Å²) in [6, 6.07) is 14.0. The fourth-order valence-electron chi connectivity index (χ4n) is 4.50. The average molecular weight is 503 g/mol. The molecule has 1 fully saturated rings. The van der Waals surface area contributed by atoms with Crippen molar-refractivity contribution in [3.05, 3.63) is 76.6 Å². The number of nitrogens with one attached hydrogen (secondary N) is 1. The van der Waals surface area contributed by atoms with Crippen LogP contribution in [-0.2, 0) is 6.54 Å². The molecule has 3 heterocycles. The number of carbonyl (C=O) groups is 1. The van der Waals surface area contributed by atoms with Gasteiger partial charge in [0.2, 0.25) is 0 Å². The minimum atomic E-state index is -0.232. The molecular weight excluding hydrogens is 472 g/mol. The summed E-state index contributed by atoms with van der Waals surface area (Å²) < 4.78 is 7.20. The third-order valence-electron chi connectivity index (χ3n) is 6.28. The molecular formula is C27H30N6O2S. The predicted octanol–water partition coefficient (Wildman–Crippen LogP) is 4.49. The fraction of sp³-hybridized carbons (Fsp3) is 0.296. The molecule has 0 aliphatic carbocycles. The monoisotopic (exact) mass is 502 g/mol. The molecule has 1 aliphatic heterocycles. The molecule has 1 aliphatic rings. The number of amides is 1. The van der Waals surface area contributed by atoms with Crippen LogP contribution in [0.3, 0.4) is 0 Å². The summed E-state index contributed by atoms with van der Waals surface area (Å²) in [6.07, 6.45) is 5.94. The number of methoxy groups -OCH3 is 1. The molecule has 36 heavy (non-hydrogen) atoms. The molecule has 1 amide bonds. The zero-order valence-electron chi connectivity index (χ0n) is 20.5. The van der Waals surface area contributed by atoms with Gasteiger partial charge in [-0.25, -0.2) is 9.97 Å². The maximum Gasteiger partial charge on any atom is 0.284 e. The molecule has 9 heteroatoms. The van der Waals surface area contributed by atoms with E-state index in [9.17, 15) is 4.79 Å². The first-order valence-electron chi connectivity index (χ1n) is 12.0. The van der Waals surface area contributed by atoms with Gasteiger partial charge in [-0.2, -0.15) is 0 Å². The van der Waals surface area contributed by atoms with E-state index in [0.29, 0.717) is 5.01 Å². The summed E-state index contributed by atoms with van der Waals surface area (Å²) in [4.78, 5) is 24.4. The molecule has 0 unspecified atom stereocenters. The summed E-state index contributed by atoms with van der Waals surface area (Å²) in [5.41, 5.74) is 11.6. The van der Waals surface area contributed by atoms with Gasteiger partial charge >= 0.3 is 0 Å². The number of benzene rings is 2. The van der Waals surface area contributed by atoms with Crippen molar-refractivity contribution in [2.24, 2.45) is 5.73 Å². The number of carbonyl (C=O) groups excluding carboxylic acids is 1. The van der Waals surface area contributed by atoms with Crippen molar-refractivity contribution in [1.29, 1.82) is 0 Å². The Morgan fingerprint density at radius 1 is 1.25 bits per heavy atom. The number of nitrogens with two attached hydrogens (primary N) is 1. The van der Waals surface area contributed by atoms with E-state index < -0.39 is 0 Å². The topological polar surface area (TPSA) is 98.3 Å². The highest BCUT2D eigenvalue weighted by Gasteiger charge is 2.18. The van der Waals surface area contributed by atoms with E-state index >= 15 is 0 Å². The van der Waals surface area contributed by atoms with E-state index in [-0.39, 0.29) is 11.9 Å². The first-order valence-corrected chi connectivity index (χ1v) is 12.9. The zero-order valence-corrected chi connectivity index (χ0v) is 21.3. The Balaban J connectivity index is 1.37. The maximum atomic E-state index is 13.1. The number of rotatable bonds is 7. The average Bonchev–Trinajstić information content (AvgIpc) is 3.54. The molecule has 8 nitrogen and oxygen atoms in total. The number of aromatic nitrogens is 3. The van der Waals surface area contributed by atoms with Crippen LogP contribution in [0.25, 0.3) is 16.9 Å². The molecule has 5 rings (SSSR count). The quantitative estimate of drug-likeness (QED) is 0.386. The van der Waals surface area contributed by atoms with E-state index in [2.05, 4.69) is 26.3 Å². The van der Waals surface area contributed by atoms with Gasteiger partial charge in [0, 0.05) is 47.6 Å². The maximum absolute atomic E-state index is 13.1. The van der Waals surface area contributed by atoms with E-state index in [1.54, 1.807) is 13.4 Å². The minimum Gasteiger partial charge on any atom is -0.497 e. The second-order valence-electron chi connectivity index (χ2n) is 9.17. The van der Waals surface area contributed by atoms with Crippen molar-refractivity contribution >= 4 is 22.9 Å². The number of imidazole rings is 1. The van der Waals surface area contributed by atoms with Crippen molar-refractivity contribution in [3.63, 3.8) is 0 Å². The summed E-state index contributed by atoms with van der Waals surface area (Å²) >= 11 is 1.33. The highest BCUT2D eigenvalue weighted by atomic mass is 32.1. The van der Waals surface area contributed by atoms with Gasteiger partial charge in [0.15, 0.2) is 5.01 Å². The Hall–Kier alpha value is -3.53. The molecule has 0 saturated carbocycles. The van der Waals surface area contributed by atoms with Crippen LogP contribution in [0.2, 0.25) is 0 Å². The number of ether oxygens (including phenoxy) is 1. The number of hydrogen-bond donors (Lipinski definition) is 2. The zero-order chi connectivity index (χ0) is 25.1. The van der Waals surface area contributed by atoms with Gasteiger partial charge in [0.1, 0.15) is 5.75 Å². The van der Waals surface area contributed by atoms with E-state index in [0.717, 1.165) is 72.1 Å². The van der Waals surface area contributed by atoms with Crippen LogP contribution in [0.1, 0.15) is 33.9 Å². The number of thiazole rings is 1. The van der Waals surface area contributed by atoms with Gasteiger partial charge < -0.3 is 20.4 Å². The normalized spacial score (nSPS) is 16.1. The van der Waals surface area contributed by atoms with Crippen LogP contribution < -0.4 is 15.8 Å². The molecule has 2 aromatic carbocycles. The summed E-state index contributed by atoms with van der Waals surface area (Å²) in [5, 5.41) is 5.36. The smallest absolute Gasteiger partial charge is 0.284 e. The SMILES string of the molecule is COc1ccc(-c2csc(C(=O)Nc3cc(CN4CCC[C@H](N)C4)cc(-n4cnc(C)c4)c3)n2)cc1. The lowest BCUT2D eigenvalue weighted by Gasteiger charge is -2.30. The Morgan fingerprint density at radius 3 is 2.81 bits per heavy atom. The number of piperidine rings is 1. The van der Waals surface area contributed by atoms with Crippen LogP contribution >= 0.6 is 11.3 Å². The van der Waals surface area contributed by atoms with Crippen molar-refractivity contribution in [2.75, 3.05) is 25.5 Å². The largest absolute Gasteiger partial charge is 0.497 e. The molecule has 0 spiro atoms. The molecule has 186 valence electrons. The Kier molecular flexibility index (Phi) is 7.13. The lowest BCUT2D eigenvalue weighted by Crippen LogP contribution is -2.42. The standard InChI is InChI=1S/C27H30N6O2S/c1-18-13-33(17-29-18)23-11-19(14-32-9-3-4-21(28)15-32)10-22(12-23)30-26(34)27-31-25(16-36-27)20-5-7-24(35-2)8-6-20/h5-8,10-13,16-17,21H,3-4,9,14-15,28H2,1-2H3,(H,30,34)/t21-/m0/s1. The van der Waals surface area contributed by atoms with Crippen molar-refractivity contribution in [3.8, 4) is 22.7 Å². The van der Waals surface area contributed by atoms with Crippen molar-refractivity contribution < 1.29 is 9.53 Å². The van der Waals surface area contributed by atoms with Crippen LogP contribution in [-0.4, -0.2) is 51.6 Å². The first kappa shape index (κ1) is 24.2. The molecule has 0 bridgehead atoms. The second kappa shape index (κ2) is 10.6. The molecule has 1 atom stereocenters. The second-order valence-corrected chi connectivity index (χ2v) is 10.0. The molecule has 3 N–H and O–H groups in total. The Bertz CT molecular complexity index is 1350. The fourth-order valence-corrected chi connectivity index (χ4v) is 5.22. The Labute approximate surface area is 214 Å². The van der Waals surface area contributed by atoms with E-state index in [4.69, 9.17) is 10.5 Å². The van der Waals surface area contributed by atoms with Crippen LogP contribution in [0, 0.1) is 6.92 Å². The van der Waals surface area contributed by atoms with Gasteiger partial charge in [0.05, 0.1) is 24.8 Å². The predicted molar refractivity (Wildman–Crippen MR) is 143 cm³/mol. The molecule has 1 saturated heterocycles. The van der Waals surface area contributed by atoms with Gasteiger partial charge in [-0.1, -0.05) is 0 Å². The molecule has 4 aromatic rings. The lowest BCUT2D eigenvalue weighted by molar-refractivity contribution is 0.102. The highest BCUT2D eigenvalue weighted by molar-refractivity contribution is 7.12. The summed E-state index contributed by atoms with van der Waals surface area (Å²) in [5.74, 6) is 0.548. The number of likely N-dealkylation sites (tertiary alicyclic amines) is 1. The van der Waals surface area contributed by atoms with Crippen LogP contribution in [0.4, 0.5) is 5.69 Å². The van der Waals surface area contributed by atoms with Gasteiger partial charge in [-0.3, -0.25) is 9.69 Å². The number of nitrogens with zero attached hydrogens (tertiary/aromatic N) is 4. The Morgan fingerprint density at radius 2 is 2.08 bits per heavy atom. The van der Waals surface area contributed by atoms with Crippen molar-refractivity contribution in [1.82, 2.24) is 19.4 Å². The first-order chi connectivity index (χ1) is 17.5. The van der Waals surface area contributed by atoms with Gasteiger partial charge in [-0.05, 0) is 74.3 Å².